The van der Waals surface area contributed by atoms with E-state index in [0.29, 0.717) is 31.7 Å². The highest BCUT2D eigenvalue weighted by Gasteiger charge is 2.27. The largest absolute Gasteiger partial charge is 0.345 e. The number of nitro groups is 1. The monoisotopic (exact) mass is 460 g/mol. The van der Waals surface area contributed by atoms with Crippen molar-refractivity contribution >= 4 is 48.1 Å². The number of thiazole rings is 1. The summed E-state index contributed by atoms with van der Waals surface area (Å²) in [6, 6.07) is 11.0. The molecule has 0 bridgehead atoms. The zero-order valence-electron chi connectivity index (χ0n) is 16.7. The van der Waals surface area contributed by atoms with Crippen LogP contribution in [-0.2, 0) is 14.6 Å². The van der Waals surface area contributed by atoms with Crippen molar-refractivity contribution in [3.63, 3.8) is 0 Å². The van der Waals surface area contributed by atoms with Gasteiger partial charge >= 0.3 is 0 Å². The smallest absolute Gasteiger partial charge is 0.270 e. The molecule has 0 atom stereocenters. The fraction of sp³-hybridized carbons (Fsp3) is 0.300. The number of rotatable bonds is 5. The Hall–Kier alpha value is -3.05. The maximum atomic E-state index is 12.6. The first kappa shape index (κ1) is 21.2. The maximum absolute atomic E-state index is 12.6. The van der Waals surface area contributed by atoms with Gasteiger partial charge in [0.05, 0.1) is 20.0 Å². The van der Waals surface area contributed by atoms with E-state index in [1.165, 1.54) is 35.6 Å². The standard InChI is InChI=1S/C20H20N4O5S2/c1-14-2-5-16(6-3-14)31(28,29)13-19(25)22-8-10-23(11-9-22)20-21-17-7-4-15(24(26)27)12-18(17)30-20/h2-7,12H,8-11,13H2,1H3. The number of sulfone groups is 1. The second kappa shape index (κ2) is 8.23. The topological polar surface area (TPSA) is 114 Å². The van der Waals surface area contributed by atoms with Gasteiger partial charge in [-0.25, -0.2) is 13.4 Å². The average molecular weight is 461 g/mol. The molecule has 0 spiro atoms. The molecule has 3 aromatic rings. The first-order chi connectivity index (χ1) is 14.7. The van der Waals surface area contributed by atoms with Crippen LogP contribution in [0, 0.1) is 17.0 Å². The molecular formula is C20H20N4O5S2. The summed E-state index contributed by atoms with van der Waals surface area (Å²) >= 11 is 1.36. The van der Waals surface area contributed by atoms with Crippen LogP contribution < -0.4 is 4.90 Å². The third-order valence-electron chi connectivity index (χ3n) is 5.17. The second-order valence-corrected chi connectivity index (χ2v) is 10.3. The lowest BCUT2D eigenvalue weighted by molar-refractivity contribution is -0.384. The van der Waals surface area contributed by atoms with E-state index in [-0.39, 0.29) is 10.6 Å². The van der Waals surface area contributed by atoms with Crippen molar-refractivity contribution in [1.82, 2.24) is 9.88 Å². The molecule has 2 heterocycles. The molecule has 11 heteroatoms. The van der Waals surface area contributed by atoms with Crippen LogP contribution in [0.25, 0.3) is 10.2 Å². The van der Waals surface area contributed by atoms with Crippen molar-refractivity contribution in [1.29, 1.82) is 0 Å². The van der Waals surface area contributed by atoms with Crippen molar-refractivity contribution in [2.45, 2.75) is 11.8 Å². The highest BCUT2D eigenvalue weighted by atomic mass is 32.2. The van der Waals surface area contributed by atoms with Crippen molar-refractivity contribution in [3.8, 4) is 0 Å². The van der Waals surface area contributed by atoms with Gasteiger partial charge in [-0.15, -0.1) is 0 Å². The second-order valence-electron chi connectivity index (χ2n) is 7.35. The van der Waals surface area contributed by atoms with Gasteiger partial charge in [0, 0.05) is 38.3 Å². The third-order valence-corrected chi connectivity index (χ3v) is 7.86. The number of hydrogen-bond acceptors (Lipinski definition) is 8. The lowest BCUT2D eigenvalue weighted by atomic mass is 10.2. The highest BCUT2D eigenvalue weighted by Crippen LogP contribution is 2.31. The van der Waals surface area contributed by atoms with E-state index < -0.39 is 26.4 Å². The minimum Gasteiger partial charge on any atom is -0.345 e. The van der Waals surface area contributed by atoms with Gasteiger partial charge in [0.2, 0.25) is 5.91 Å². The molecule has 0 radical (unpaired) electrons. The molecule has 0 unspecified atom stereocenters. The molecule has 1 fully saturated rings. The van der Waals surface area contributed by atoms with Crippen LogP contribution in [0.15, 0.2) is 47.4 Å². The summed E-state index contributed by atoms with van der Waals surface area (Å²) in [5.41, 5.74) is 1.66. The van der Waals surface area contributed by atoms with Crippen LogP contribution in [0.5, 0.6) is 0 Å². The third kappa shape index (κ3) is 4.52. The molecule has 4 rings (SSSR count). The Kier molecular flexibility index (Phi) is 5.63. The fourth-order valence-corrected chi connectivity index (χ4v) is 5.66. The van der Waals surface area contributed by atoms with Gasteiger partial charge in [0.1, 0.15) is 5.75 Å². The molecule has 0 aliphatic carbocycles. The van der Waals surface area contributed by atoms with Gasteiger partial charge in [-0.05, 0) is 25.1 Å². The number of nitro benzene ring substituents is 1. The van der Waals surface area contributed by atoms with E-state index in [4.69, 9.17) is 0 Å². The van der Waals surface area contributed by atoms with Crippen LogP contribution >= 0.6 is 11.3 Å². The van der Waals surface area contributed by atoms with Crippen molar-refractivity contribution in [2.75, 3.05) is 36.8 Å². The number of carbonyl (C=O) groups excluding carboxylic acids is 1. The van der Waals surface area contributed by atoms with Crippen LogP contribution in [0.4, 0.5) is 10.8 Å². The predicted octanol–water partition coefficient (Wildman–Crippen LogP) is 2.64. The number of amides is 1. The molecule has 9 nitrogen and oxygen atoms in total. The van der Waals surface area contributed by atoms with Gasteiger partial charge in [0.25, 0.3) is 5.69 Å². The van der Waals surface area contributed by atoms with Gasteiger partial charge < -0.3 is 9.80 Å². The van der Waals surface area contributed by atoms with Gasteiger partial charge in [0.15, 0.2) is 15.0 Å². The quantitative estimate of drug-likeness (QED) is 0.425. The molecule has 1 amide bonds. The summed E-state index contributed by atoms with van der Waals surface area (Å²) in [5.74, 6) is -0.971. The SMILES string of the molecule is Cc1ccc(S(=O)(=O)CC(=O)N2CCN(c3nc4ccc([N+](=O)[O-])cc4s3)CC2)cc1. The lowest BCUT2D eigenvalue weighted by Crippen LogP contribution is -2.50. The number of fused-ring (bicyclic) bond motifs is 1. The Morgan fingerprint density at radius 1 is 1.13 bits per heavy atom. The summed E-state index contributed by atoms with van der Waals surface area (Å²) in [5, 5.41) is 11.7. The average Bonchev–Trinajstić information content (AvgIpc) is 3.17. The number of hydrogen-bond donors (Lipinski definition) is 0. The molecule has 31 heavy (non-hydrogen) atoms. The number of aromatic nitrogens is 1. The normalized spacial score (nSPS) is 14.7. The van der Waals surface area contributed by atoms with Crippen LogP contribution in [0.2, 0.25) is 0 Å². The van der Waals surface area contributed by atoms with Gasteiger partial charge in [-0.2, -0.15) is 0 Å². The van der Waals surface area contributed by atoms with Crippen molar-refractivity contribution in [2.24, 2.45) is 0 Å². The van der Waals surface area contributed by atoms with E-state index in [9.17, 15) is 23.3 Å². The van der Waals surface area contributed by atoms with E-state index in [1.807, 2.05) is 11.8 Å². The Morgan fingerprint density at radius 2 is 1.81 bits per heavy atom. The van der Waals surface area contributed by atoms with E-state index in [1.54, 1.807) is 23.1 Å². The number of aryl methyl sites for hydroxylation is 1. The molecule has 162 valence electrons. The molecule has 1 aliphatic rings. The van der Waals surface area contributed by atoms with Crippen molar-refractivity contribution in [3.05, 3.63) is 58.1 Å². The molecular weight excluding hydrogens is 440 g/mol. The Bertz CT molecular complexity index is 1250. The first-order valence-electron chi connectivity index (χ1n) is 9.60. The predicted molar refractivity (Wildman–Crippen MR) is 118 cm³/mol. The lowest BCUT2D eigenvalue weighted by Gasteiger charge is -2.34. The summed E-state index contributed by atoms with van der Waals surface area (Å²) in [6.45, 7) is 3.67. The van der Waals surface area contributed by atoms with E-state index >= 15 is 0 Å². The number of carbonyl (C=O) groups is 1. The molecule has 1 aliphatic heterocycles. The van der Waals surface area contributed by atoms with Crippen molar-refractivity contribution < 1.29 is 18.1 Å². The molecule has 0 N–H and O–H groups in total. The van der Waals surface area contributed by atoms with E-state index in [0.717, 1.165) is 15.4 Å². The first-order valence-corrected chi connectivity index (χ1v) is 12.1. The number of benzene rings is 2. The number of anilines is 1. The van der Waals surface area contributed by atoms with Gasteiger partial charge in [-0.3, -0.25) is 14.9 Å². The summed E-state index contributed by atoms with van der Waals surface area (Å²) in [6.07, 6.45) is 0. The number of non-ortho nitro benzene ring substituents is 1. The minimum absolute atomic E-state index is 0.0212. The molecule has 1 aromatic heterocycles. The van der Waals surface area contributed by atoms with Gasteiger partial charge in [-0.1, -0.05) is 29.0 Å². The Balaban J connectivity index is 1.40. The summed E-state index contributed by atoms with van der Waals surface area (Å²) in [4.78, 5) is 31.4. The van der Waals surface area contributed by atoms with Crippen LogP contribution in [-0.4, -0.2) is 61.1 Å². The zero-order valence-corrected chi connectivity index (χ0v) is 18.4. The highest BCUT2D eigenvalue weighted by molar-refractivity contribution is 7.92. The Labute approximate surface area is 183 Å². The summed E-state index contributed by atoms with van der Waals surface area (Å²) in [7, 11) is -3.69. The zero-order chi connectivity index (χ0) is 22.2. The fourth-order valence-electron chi connectivity index (χ4n) is 3.38. The summed E-state index contributed by atoms with van der Waals surface area (Å²) < 4.78 is 25.8. The number of piperazine rings is 1. The Morgan fingerprint density at radius 3 is 2.45 bits per heavy atom. The number of nitrogens with zero attached hydrogens (tertiary/aromatic N) is 4. The molecule has 1 saturated heterocycles. The molecule has 0 saturated carbocycles. The van der Waals surface area contributed by atoms with Crippen LogP contribution in [0.3, 0.4) is 0 Å². The van der Waals surface area contributed by atoms with Crippen LogP contribution in [0.1, 0.15) is 5.56 Å². The minimum atomic E-state index is -3.69. The maximum Gasteiger partial charge on any atom is 0.270 e. The molecule has 2 aromatic carbocycles. The van der Waals surface area contributed by atoms with E-state index in [2.05, 4.69) is 4.98 Å².